The minimum absolute atomic E-state index is 0.286. The molecule has 1 unspecified atom stereocenters. The van der Waals surface area contributed by atoms with E-state index < -0.39 is 17.7 Å². The van der Waals surface area contributed by atoms with Gasteiger partial charge in [-0.1, -0.05) is 48.3 Å². The predicted molar refractivity (Wildman–Crippen MR) is 82.4 cm³/mol. The topological polar surface area (TPSA) is 37.3 Å². The molecule has 0 bridgehead atoms. The lowest BCUT2D eigenvalue weighted by atomic mass is 9.98. The van der Waals surface area contributed by atoms with Gasteiger partial charge in [0.2, 0.25) is 0 Å². The summed E-state index contributed by atoms with van der Waals surface area (Å²) in [6, 6.07) is 9.60. The second-order valence-electron chi connectivity index (χ2n) is 4.89. The third-order valence-electron chi connectivity index (χ3n) is 3.23. The Labute approximate surface area is 132 Å². The molecule has 0 fully saturated rings. The van der Waals surface area contributed by atoms with Crippen LogP contribution in [0.3, 0.4) is 0 Å². The first kappa shape index (κ1) is 15.8. The van der Waals surface area contributed by atoms with E-state index in [1.54, 1.807) is 37.3 Å². The second kappa shape index (κ2) is 6.46. The highest BCUT2D eigenvalue weighted by atomic mass is 35.5. The zero-order chi connectivity index (χ0) is 15.6. The maximum atomic E-state index is 14.2. The Morgan fingerprint density at radius 1 is 1.19 bits per heavy atom. The monoisotopic (exact) mass is 326 g/mol. The van der Waals surface area contributed by atoms with Gasteiger partial charge >= 0.3 is 5.97 Å². The van der Waals surface area contributed by atoms with E-state index >= 15 is 0 Å². The quantitative estimate of drug-likeness (QED) is 0.852. The van der Waals surface area contributed by atoms with Crippen LogP contribution in [0.5, 0.6) is 0 Å². The molecule has 1 atom stereocenters. The van der Waals surface area contributed by atoms with E-state index in [9.17, 15) is 9.18 Å². The zero-order valence-corrected chi connectivity index (χ0v) is 12.7. The zero-order valence-electron chi connectivity index (χ0n) is 11.2. The van der Waals surface area contributed by atoms with E-state index in [4.69, 9.17) is 28.3 Å². The summed E-state index contributed by atoms with van der Waals surface area (Å²) in [5.74, 6) is -1.87. The molecule has 0 aliphatic heterocycles. The van der Waals surface area contributed by atoms with Gasteiger partial charge in [-0.25, -0.2) is 4.39 Å². The van der Waals surface area contributed by atoms with E-state index in [-0.39, 0.29) is 6.42 Å². The third-order valence-corrected chi connectivity index (χ3v) is 3.97. The smallest absolute Gasteiger partial charge is 0.306 e. The van der Waals surface area contributed by atoms with Gasteiger partial charge in [0.05, 0.1) is 16.0 Å². The molecule has 0 radical (unpaired) electrons. The predicted octanol–water partition coefficient (Wildman–Crippen LogP) is 5.06. The van der Waals surface area contributed by atoms with Crippen LogP contribution in [-0.2, 0) is 11.2 Å². The molecule has 0 aromatic heterocycles. The van der Waals surface area contributed by atoms with Crippen molar-refractivity contribution < 1.29 is 14.3 Å². The largest absolute Gasteiger partial charge is 0.481 e. The molecule has 110 valence electrons. The summed E-state index contributed by atoms with van der Waals surface area (Å²) >= 11 is 11.8. The highest BCUT2D eigenvalue weighted by Gasteiger charge is 2.14. The summed E-state index contributed by atoms with van der Waals surface area (Å²) in [5.41, 5.74) is 1.67. The standard InChI is InChI=1S/C16H13Cl2FO2/c1-9(16(20)21)6-10-2-4-12(15(19)7-10)11-3-5-13(17)14(18)8-11/h2-5,7-9H,6H2,1H3,(H,20,21). The van der Waals surface area contributed by atoms with E-state index in [1.165, 1.54) is 6.07 Å². The molecule has 2 aromatic rings. The van der Waals surface area contributed by atoms with Crippen LogP contribution in [0.15, 0.2) is 36.4 Å². The molecule has 2 aromatic carbocycles. The SMILES string of the molecule is CC(Cc1ccc(-c2ccc(Cl)c(Cl)c2)c(F)c1)C(=O)O. The maximum absolute atomic E-state index is 14.2. The van der Waals surface area contributed by atoms with Gasteiger partial charge < -0.3 is 5.11 Å². The number of carbonyl (C=O) groups is 1. The fourth-order valence-corrected chi connectivity index (χ4v) is 2.32. The number of carboxylic acids is 1. The fraction of sp³-hybridized carbons (Fsp3) is 0.188. The first-order chi connectivity index (χ1) is 9.88. The van der Waals surface area contributed by atoms with Crippen LogP contribution >= 0.6 is 23.2 Å². The minimum atomic E-state index is -0.899. The van der Waals surface area contributed by atoms with Crippen molar-refractivity contribution in [1.29, 1.82) is 0 Å². The van der Waals surface area contributed by atoms with Crippen molar-refractivity contribution in [1.82, 2.24) is 0 Å². The molecule has 1 N–H and O–H groups in total. The second-order valence-corrected chi connectivity index (χ2v) is 5.70. The van der Waals surface area contributed by atoms with Crippen molar-refractivity contribution in [3.63, 3.8) is 0 Å². The normalized spacial score (nSPS) is 12.2. The maximum Gasteiger partial charge on any atom is 0.306 e. The lowest BCUT2D eigenvalue weighted by Crippen LogP contribution is -2.12. The highest BCUT2D eigenvalue weighted by molar-refractivity contribution is 6.42. The molecular weight excluding hydrogens is 314 g/mol. The lowest BCUT2D eigenvalue weighted by molar-refractivity contribution is -0.141. The van der Waals surface area contributed by atoms with Crippen molar-refractivity contribution in [2.45, 2.75) is 13.3 Å². The number of benzene rings is 2. The molecular formula is C16H13Cl2FO2. The molecule has 2 nitrogen and oxygen atoms in total. The van der Waals surface area contributed by atoms with Crippen LogP contribution in [0.4, 0.5) is 4.39 Å². The van der Waals surface area contributed by atoms with Gasteiger partial charge in [-0.15, -0.1) is 0 Å². The summed E-state index contributed by atoms with van der Waals surface area (Å²) in [5, 5.41) is 9.65. The first-order valence-corrected chi connectivity index (χ1v) is 7.10. The number of halogens is 3. The molecule has 21 heavy (non-hydrogen) atoms. The van der Waals surface area contributed by atoms with Gasteiger partial charge in [0.25, 0.3) is 0 Å². The molecule has 0 heterocycles. The highest BCUT2D eigenvalue weighted by Crippen LogP contribution is 2.30. The Morgan fingerprint density at radius 2 is 1.90 bits per heavy atom. The molecule has 0 spiro atoms. The van der Waals surface area contributed by atoms with Gasteiger partial charge in [0.1, 0.15) is 5.82 Å². The Kier molecular flexibility index (Phi) is 4.86. The Hall–Kier alpha value is -1.58. The van der Waals surface area contributed by atoms with Crippen molar-refractivity contribution >= 4 is 29.2 Å². The van der Waals surface area contributed by atoms with Gasteiger partial charge in [0, 0.05) is 5.56 Å². The van der Waals surface area contributed by atoms with Crippen molar-refractivity contribution in [3.05, 3.63) is 57.8 Å². The average Bonchev–Trinajstić information content (AvgIpc) is 2.42. The Morgan fingerprint density at radius 3 is 2.48 bits per heavy atom. The van der Waals surface area contributed by atoms with Crippen molar-refractivity contribution in [2.75, 3.05) is 0 Å². The molecule has 0 aliphatic carbocycles. The summed E-state index contributed by atoms with van der Waals surface area (Å²) in [6.45, 7) is 1.59. The first-order valence-electron chi connectivity index (χ1n) is 6.35. The van der Waals surface area contributed by atoms with Crippen LogP contribution in [-0.4, -0.2) is 11.1 Å². The molecule has 0 amide bonds. The summed E-state index contributed by atoms with van der Waals surface area (Å²) in [7, 11) is 0. The summed E-state index contributed by atoms with van der Waals surface area (Å²) < 4.78 is 14.2. The molecule has 0 aliphatic rings. The van der Waals surface area contributed by atoms with Crippen LogP contribution in [0.1, 0.15) is 12.5 Å². The third kappa shape index (κ3) is 3.74. The van der Waals surface area contributed by atoms with E-state index in [0.717, 1.165) is 0 Å². The van der Waals surface area contributed by atoms with Gasteiger partial charge in [-0.3, -0.25) is 4.79 Å². The number of aliphatic carboxylic acids is 1. The number of rotatable bonds is 4. The molecule has 0 saturated heterocycles. The van der Waals surface area contributed by atoms with Crippen LogP contribution in [0, 0.1) is 11.7 Å². The minimum Gasteiger partial charge on any atom is -0.481 e. The molecule has 5 heteroatoms. The summed E-state index contributed by atoms with van der Waals surface area (Å²) in [4.78, 5) is 10.8. The molecule has 2 rings (SSSR count). The van der Waals surface area contributed by atoms with E-state index in [1.807, 2.05) is 0 Å². The van der Waals surface area contributed by atoms with E-state index in [2.05, 4.69) is 0 Å². The van der Waals surface area contributed by atoms with Crippen LogP contribution in [0.2, 0.25) is 10.0 Å². The number of hydrogen-bond acceptors (Lipinski definition) is 1. The summed E-state index contributed by atoms with van der Waals surface area (Å²) in [6.07, 6.45) is 0.286. The fourth-order valence-electron chi connectivity index (χ4n) is 2.02. The number of hydrogen-bond donors (Lipinski definition) is 1. The van der Waals surface area contributed by atoms with Crippen molar-refractivity contribution in [3.8, 4) is 11.1 Å². The van der Waals surface area contributed by atoms with Gasteiger partial charge in [-0.2, -0.15) is 0 Å². The van der Waals surface area contributed by atoms with E-state index in [0.29, 0.717) is 26.7 Å². The van der Waals surface area contributed by atoms with Crippen LogP contribution in [0.25, 0.3) is 11.1 Å². The Bertz CT molecular complexity index is 686. The lowest BCUT2D eigenvalue weighted by Gasteiger charge is -2.09. The molecule has 0 saturated carbocycles. The Balaban J connectivity index is 2.30. The van der Waals surface area contributed by atoms with Gasteiger partial charge in [0.15, 0.2) is 0 Å². The van der Waals surface area contributed by atoms with Crippen molar-refractivity contribution in [2.24, 2.45) is 5.92 Å². The van der Waals surface area contributed by atoms with Gasteiger partial charge in [-0.05, 0) is 35.7 Å². The van der Waals surface area contributed by atoms with Crippen LogP contribution < -0.4 is 0 Å². The average molecular weight is 327 g/mol. The number of carboxylic acid groups (broad SMARTS) is 1.